The van der Waals surface area contributed by atoms with Crippen LogP contribution in [0.15, 0.2) is 0 Å². The molecule has 0 fully saturated rings. The van der Waals surface area contributed by atoms with Crippen molar-refractivity contribution in [3.8, 4) is 0 Å². The third-order valence-corrected chi connectivity index (χ3v) is 0.782. The standard InChI is InChI=1S/C4H6O6.Co/c5-1(3(7)8)2(6)4(9)10;/h1-2,5-6H,(H,7,8)(H,9,10);/q;+2/p-2/t1-,2-;/m0./s1. The van der Waals surface area contributed by atoms with Gasteiger partial charge in [-0.2, -0.15) is 0 Å². The first-order valence-electron chi connectivity index (χ1n) is 2.24. The van der Waals surface area contributed by atoms with E-state index >= 15 is 0 Å². The Hall–Kier alpha value is -0.634. The van der Waals surface area contributed by atoms with Crippen LogP contribution in [0.5, 0.6) is 0 Å². The average Bonchev–Trinajstić information content (AvgIpc) is 1.84. The number of rotatable bonds is 3. The van der Waals surface area contributed by atoms with Gasteiger partial charge in [0.1, 0.15) is 12.2 Å². The Morgan fingerprint density at radius 3 is 1.27 bits per heavy atom. The van der Waals surface area contributed by atoms with E-state index in [0.29, 0.717) is 0 Å². The first kappa shape index (κ1) is 13.0. The summed E-state index contributed by atoms with van der Waals surface area (Å²) in [5, 5.41) is 35.7. The van der Waals surface area contributed by atoms with E-state index in [4.69, 9.17) is 10.2 Å². The fourth-order valence-corrected chi connectivity index (χ4v) is 0.258. The third-order valence-electron chi connectivity index (χ3n) is 0.782. The summed E-state index contributed by atoms with van der Waals surface area (Å²) < 4.78 is 0. The molecule has 0 aromatic rings. The predicted molar refractivity (Wildman–Crippen MR) is 22.0 cm³/mol. The summed E-state index contributed by atoms with van der Waals surface area (Å²) in [7, 11) is 0. The molecule has 0 amide bonds. The van der Waals surface area contributed by atoms with Crippen LogP contribution in [0.4, 0.5) is 0 Å². The van der Waals surface area contributed by atoms with E-state index in [-0.39, 0.29) is 16.8 Å². The van der Waals surface area contributed by atoms with Crippen LogP contribution in [-0.2, 0) is 26.4 Å². The molecule has 65 valence electrons. The molecule has 0 unspecified atom stereocenters. The van der Waals surface area contributed by atoms with Crippen LogP contribution in [0.1, 0.15) is 0 Å². The fraction of sp³-hybridized carbons (Fsp3) is 0.500. The number of aliphatic hydroxyl groups is 2. The number of hydrogen-bond donors (Lipinski definition) is 2. The maximum atomic E-state index is 9.63. The van der Waals surface area contributed by atoms with E-state index in [1.54, 1.807) is 0 Å². The van der Waals surface area contributed by atoms with Crippen LogP contribution < -0.4 is 10.2 Å². The van der Waals surface area contributed by atoms with Gasteiger partial charge in [-0.1, -0.05) is 0 Å². The van der Waals surface area contributed by atoms with E-state index < -0.39 is 24.1 Å². The van der Waals surface area contributed by atoms with E-state index in [2.05, 4.69) is 0 Å². The Morgan fingerprint density at radius 1 is 1.00 bits per heavy atom. The van der Waals surface area contributed by atoms with Crippen LogP contribution in [-0.4, -0.2) is 34.4 Å². The van der Waals surface area contributed by atoms with Crippen LogP contribution in [0.2, 0.25) is 0 Å². The quantitative estimate of drug-likeness (QED) is 0.479. The summed E-state index contributed by atoms with van der Waals surface area (Å²) in [4.78, 5) is 19.3. The Bertz CT molecular complexity index is 139. The molecule has 0 saturated heterocycles. The van der Waals surface area contributed by atoms with Crippen molar-refractivity contribution < 1.29 is 46.8 Å². The first-order chi connectivity index (χ1) is 4.46. The summed E-state index contributed by atoms with van der Waals surface area (Å²) in [6, 6.07) is 0. The SMILES string of the molecule is O=C([O-])[C@@H](O)[C@H](O)C(=O)[O-].[Co+2]. The Balaban J connectivity index is 0. The molecular weight excluding hydrogens is 203 g/mol. The number of aliphatic hydroxyl groups excluding tert-OH is 2. The molecule has 0 aliphatic carbocycles. The van der Waals surface area contributed by atoms with Crippen molar-refractivity contribution in [1.82, 2.24) is 0 Å². The zero-order valence-corrected chi connectivity index (χ0v) is 6.06. The Morgan fingerprint density at radius 2 is 1.18 bits per heavy atom. The minimum absolute atomic E-state index is 0. The van der Waals surface area contributed by atoms with Crippen molar-refractivity contribution in [2.75, 3.05) is 0 Å². The van der Waals surface area contributed by atoms with Gasteiger partial charge in [-0.15, -0.1) is 0 Å². The molecule has 6 nitrogen and oxygen atoms in total. The number of carboxylic acid groups (broad SMARTS) is 2. The van der Waals surface area contributed by atoms with Crippen molar-refractivity contribution in [2.45, 2.75) is 12.2 Å². The molecule has 0 aliphatic heterocycles. The zero-order valence-electron chi connectivity index (χ0n) is 5.02. The predicted octanol–water partition coefficient (Wildman–Crippen LogP) is -4.79. The van der Waals surface area contributed by atoms with Gasteiger partial charge in [-0.25, -0.2) is 0 Å². The van der Waals surface area contributed by atoms with Crippen molar-refractivity contribution in [2.24, 2.45) is 0 Å². The minimum Gasteiger partial charge on any atom is -0.547 e. The van der Waals surface area contributed by atoms with Gasteiger partial charge >= 0.3 is 16.8 Å². The number of carbonyl (C=O) groups is 2. The molecule has 0 rings (SSSR count). The number of carboxylic acids is 2. The molecule has 0 spiro atoms. The summed E-state index contributed by atoms with van der Waals surface area (Å²) in [6.07, 6.45) is -4.88. The zero-order chi connectivity index (χ0) is 8.31. The summed E-state index contributed by atoms with van der Waals surface area (Å²) in [5.74, 6) is -4.12. The second kappa shape index (κ2) is 5.07. The second-order valence-electron chi connectivity index (χ2n) is 1.53. The smallest absolute Gasteiger partial charge is 0.547 e. The van der Waals surface area contributed by atoms with Crippen LogP contribution in [0, 0.1) is 0 Å². The van der Waals surface area contributed by atoms with Gasteiger partial charge in [0.15, 0.2) is 0 Å². The minimum atomic E-state index is -2.44. The van der Waals surface area contributed by atoms with Gasteiger partial charge in [-0.3, -0.25) is 0 Å². The number of hydrogen-bond acceptors (Lipinski definition) is 6. The monoisotopic (exact) mass is 207 g/mol. The van der Waals surface area contributed by atoms with E-state index in [9.17, 15) is 19.8 Å². The maximum Gasteiger partial charge on any atom is 2.00 e. The van der Waals surface area contributed by atoms with Crippen LogP contribution in [0.3, 0.4) is 0 Å². The van der Waals surface area contributed by atoms with Crippen molar-refractivity contribution in [1.29, 1.82) is 0 Å². The largest absolute Gasteiger partial charge is 2.00 e. The third kappa shape index (κ3) is 3.93. The number of carbonyl (C=O) groups excluding carboxylic acids is 2. The topological polar surface area (TPSA) is 121 Å². The molecule has 11 heavy (non-hydrogen) atoms. The molecule has 1 radical (unpaired) electrons. The van der Waals surface area contributed by atoms with E-state index in [0.717, 1.165) is 0 Å². The van der Waals surface area contributed by atoms with Crippen LogP contribution >= 0.6 is 0 Å². The van der Waals surface area contributed by atoms with Gasteiger partial charge in [0.05, 0.1) is 11.9 Å². The molecule has 2 atom stereocenters. The van der Waals surface area contributed by atoms with Gasteiger partial charge in [-0.05, 0) is 0 Å². The molecule has 0 heterocycles. The van der Waals surface area contributed by atoms with E-state index in [1.165, 1.54) is 0 Å². The molecular formula is C4H4CoO6. The van der Waals surface area contributed by atoms with E-state index in [1.807, 2.05) is 0 Å². The Labute approximate surface area is 71.7 Å². The summed E-state index contributed by atoms with van der Waals surface area (Å²) in [5.41, 5.74) is 0. The molecule has 0 bridgehead atoms. The molecule has 0 saturated carbocycles. The molecule has 0 aromatic carbocycles. The molecule has 0 aliphatic rings. The van der Waals surface area contributed by atoms with Crippen molar-refractivity contribution >= 4 is 11.9 Å². The van der Waals surface area contributed by atoms with Crippen molar-refractivity contribution in [3.05, 3.63) is 0 Å². The molecule has 7 heteroatoms. The van der Waals surface area contributed by atoms with Gasteiger partial charge in [0, 0.05) is 0 Å². The Kier molecular flexibility index (Phi) is 5.99. The van der Waals surface area contributed by atoms with Crippen molar-refractivity contribution in [3.63, 3.8) is 0 Å². The average molecular weight is 207 g/mol. The fourth-order valence-electron chi connectivity index (χ4n) is 0.258. The maximum absolute atomic E-state index is 9.63. The molecule has 2 N–H and O–H groups in total. The van der Waals surface area contributed by atoms with Gasteiger partial charge in [0.25, 0.3) is 0 Å². The van der Waals surface area contributed by atoms with Gasteiger partial charge in [0.2, 0.25) is 0 Å². The first-order valence-corrected chi connectivity index (χ1v) is 2.24. The summed E-state index contributed by atoms with van der Waals surface area (Å²) in [6.45, 7) is 0. The van der Waals surface area contributed by atoms with Gasteiger partial charge < -0.3 is 30.0 Å². The second-order valence-corrected chi connectivity index (χ2v) is 1.53. The number of aliphatic carboxylic acids is 2. The molecule has 0 aromatic heterocycles. The summed E-state index contributed by atoms with van der Waals surface area (Å²) >= 11 is 0. The van der Waals surface area contributed by atoms with Crippen LogP contribution in [0.25, 0.3) is 0 Å². The normalized spacial score (nSPS) is 14.4.